The molecule has 0 radical (unpaired) electrons. The van der Waals surface area contributed by atoms with Crippen LogP contribution >= 0.6 is 0 Å². The van der Waals surface area contributed by atoms with Crippen molar-refractivity contribution in [1.29, 1.82) is 0 Å². The largest absolute Gasteiger partial charge is 0.381 e. The highest BCUT2D eigenvalue weighted by molar-refractivity contribution is 6.35. The Balaban J connectivity index is 4.24. The van der Waals surface area contributed by atoms with Crippen LogP contribution in [0.3, 0.4) is 0 Å². The maximum Gasteiger partial charge on any atom is 0.216 e. The van der Waals surface area contributed by atoms with Crippen LogP contribution in [0.5, 0.6) is 0 Å². The van der Waals surface area contributed by atoms with Crippen molar-refractivity contribution in [3.8, 4) is 0 Å². The first-order valence-electron chi connectivity index (χ1n) is 7.21. The molecule has 3 nitrogen and oxygen atoms in total. The molecule has 0 aliphatic carbocycles. The van der Waals surface area contributed by atoms with E-state index in [4.69, 9.17) is 4.74 Å². The van der Waals surface area contributed by atoms with Gasteiger partial charge >= 0.3 is 0 Å². The second-order valence-corrected chi connectivity index (χ2v) is 5.97. The maximum atomic E-state index is 10.8. The fraction of sp³-hybridized carbons (Fsp3) is 0.929. The number of carbonyl (C=O) groups is 1. The molecule has 18 heavy (non-hydrogen) atoms. The average Bonchev–Trinajstić information content (AvgIpc) is 2.22. The lowest BCUT2D eigenvalue weighted by Gasteiger charge is -2.34. The fourth-order valence-electron chi connectivity index (χ4n) is 2.37. The fourth-order valence-corrected chi connectivity index (χ4v) is 2.37. The van der Waals surface area contributed by atoms with E-state index in [1.807, 2.05) is 0 Å². The van der Waals surface area contributed by atoms with Crippen LogP contribution in [-0.4, -0.2) is 31.3 Å². The lowest BCUT2D eigenvalue weighted by Crippen LogP contribution is -2.37. The number of carbonyl (C=O) groups excluding carboxylic acids is 1. The van der Waals surface area contributed by atoms with Crippen molar-refractivity contribution in [3.63, 3.8) is 0 Å². The van der Waals surface area contributed by atoms with Crippen LogP contribution in [0.1, 0.15) is 53.9 Å². The van der Waals surface area contributed by atoms with Crippen molar-refractivity contribution in [2.45, 2.75) is 72.3 Å². The number of hydrogen-bond acceptors (Lipinski definition) is 2. The minimum Gasteiger partial charge on any atom is -0.381 e. The molecule has 0 spiro atoms. The van der Waals surface area contributed by atoms with E-state index in [0.29, 0.717) is 11.9 Å². The summed E-state index contributed by atoms with van der Waals surface area (Å²) in [6.07, 6.45) is 3.03. The molecule has 0 bridgehead atoms. The van der Waals surface area contributed by atoms with Gasteiger partial charge in [-0.2, -0.15) is 0 Å². The third-order valence-corrected chi connectivity index (χ3v) is 3.16. The lowest BCUT2D eigenvalue weighted by atomic mass is 9.75. The van der Waals surface area contributed by atoms with Crippen LogP contribution in [-0.2, 0) is 9.53 Å². The van der Waals surface area contributed by atoms with Gasteiger partial charge in [0.2, 0.25) is 5.91 Å². The summed E-state index contributed by atoms with van der Waals surface area (Å²) < 4.78 is 6.19. The minimum absolute atomic E-state index is 0.0448. The van der Waals surface area contributed by atoms with Gasteiger partial charge in [0.1, 0.15) is 0 Å². The van der Waals surface area contributed by atoms with Crippen molar-refractivity contribution < 1.29 is 9.53 Å². The van der Waals surface area contributed by atoms with E-state index in [9.17, 15) is 4.79 Å². The molecule has 0 heterocycles. The van der Waals surface area contributed by atoms with Crippen molar-refractivity contribution in [2.75, 3.05) is 6.54 Å². The van der Waals surface area contributed by atoms with Crippen LogP contribution < -0.4 is 5.32 Å². The van der Waals surface area contributed by atoms with Gasteiger partial charge in [-0.25, -0.2) is 0 Å². The SMILES string of the molecule is CBC(C)OC(C)(CCCNC(C)=O)CC(C)C. The zero-order chi connectivity index (χ0) is 14.2. The highest BCUT2D eigenvalue weighted by Gasteiger charge is 2.27. The van der Waals surface area contributed by atoms with Crippen molar-refractivity contribution in [3.05, 3.63) is 0 Å². The number of hydrogen-bond donors (Lipinski definition) is 1. The zero-order valence-corrected chi connectivity index (χ0v) is 13.0. The monoisotopic (exact) mass is 255 g/mol. The van der Waals surface area contributed by atoms with Crippen molar-refractivity contribution in [1.82, 2.24) is 5.32 Å². The Morgan fingerprint density at radius 3 is 2.44 bits per heavy atom. The summed E-state index contributed by atoms with van der Waals surface area (Å²) in [6.45, 7) is 13.2. The predicted molar refractivity (Wildman–Crippen MR) is 79.3 cm³/mol. The van der Waals surface area contributed by atoms with Gasteiger partial charge in [0, 0.05) is 19.5 Å². The Labute approximate surface area is 113 Å². The van der Waals surface area contributed by atoms with E-state index in [2.05, 4.69) is 39.8 Å². The quantitative estimate of drug-likeness (QED) is 0.508. The van der Waals surface area contributed by atoms with Gasteiger partial charge in [0.15, 0.2) is 7.28 Å². The van der Waals surface area contributed by atoms with E-state index in [1.54, 1.807) is 6.92 Å². The molecule has 0 aromatic rings. The molecule has 0 aromatic carbocycles. The van der Waals surface area contributed by atoms with Crippen LogP contribution in [0.4, 0.5) is 0 Å². The molecule has 0 aliphatic heterocycles. The molecular formula is C14H30BNO2. The normalized spacial score (nSPS) is 16.2. The van der Waals surface area contributed by atoms with Crippen molar-refractivity contribution >= 4 is 13.2 Å². The van der Waals surface area contributed by atoms with Crippen molar-refractivity contribution in [2.24, 2.45) is 5.92 Å². The predicted octanol–water partition coefficient (Wildman–Crippen LogP) is 2.55. The topological polar surface area (TPSA) is 38.3 Å². The summed E-state index contributed by atoms with van der Waals surface area (Å²) in [7, 11) is 1.04. The molecule has 0 fully saturated rings. The van der Waals surface area contributed by atoms with E-state index in [-0.39, 0.29) is 11.5 Å². The van der Waals surface area contributed by atoms with Gasteiger partial charge in [0.05, 0.1) is 5.60 Å². The third kappa shape index (κ3) is 8.57. The summed E-state index contributed by atoms with van der Waals surface area (Å²) in [5.41, 5.74) is -0.0674. The molecule has 1 N–H and O–H groups in total. The molecule has 1 amide bonds. The molecule has 2 unspecified atom stereocenters. The smallest absolute Gasteiger partial charge is 0.216 e. The Bertz CT molecular complexity index is 246. The Morgan fingerprint density at radius 1 is 1.39 bits per heavy atom. The Morgan fingerprint density at radius 2 is 2.00 bits per heavy atom. The lowest BCUT2D eigenvalue weighted by molar-refractivity contribution is -0.119. The first-order chi connectivity index (χ1) is 8.29. The molecule has 0 aromatic heterocycles. The number of ether oxygens (including phenoxy) is 1. The molecule has 0 aliphatic rings. The summed E-state index contributed by atoms with van der Waals surface area (Å²) in [4.78, 5) is 10.8. The van der Waals surface area contributed by atoms with Gasteiger partial charge < -0.3 is 10.1 Å². The maximum absolute atomic E-state index is 10.8. The molecular weight excluding hydrogens is 225 g/mol. The van der Waals surface area contributed by atoms with Gasteiger partial charge in [-0.05, 0) is 39.0 Å². The van der Waals surface area contributed by atoms with Gasteiger partial charge in [0.25, 0.3) is 0 Å². The van der Waals surface area contributed by atoms with Crippen LogP contribution in [0, 0.1) is 5.92 Å². The third-order valence-electron chi connectivity index (χ3n) is 3.16. The van der Waals surface area contributed by atoms with E-state index >= 15 is 0 Å². The summed E-state index contributed by atoms with van der Waals surface area (Å²) in [6, 6.07) is 0.300. The number of nitrogens with one attached hydrogen (secondary N) is 1. The molecule has 0 saturated carbocycles. The molecule has 106 valence electrons. The minimum atomic E-state index is -0.0674. The second-order valence-electron chi connectivity index (χ2n) is 5.97. The summed E-state index contributed by atoms with van der Waals surface area (Å²) in [5.74, 6) is 0.670. The number of amides is 1. The highest BCUT2D eigenvalue weighted by atomic mass is 16.5. The first-order valence-corrected chi connectivity index (χ1v) is 7.21. The number of rotatable bonds is 9. The first kappa shape index (κ1) is 17.5. The molecule has 2 atom stereocenters. The highest BCUT2D eigenvalue weighted by Crippen LogP contribution is 2.27. The van der Waals surface area contributed by atoms with Gasteiger partial charge in [-0.3, -0.25) is 4.79 Å². The standard InChI is InChI=1S/C14H30BNO2/c1-11(2)10-14(5,18-12(3)15-6)8-7-9-16-13(4)17/h11-12,15H,7-10H2,1-6H3,(H,16,17). The van der Waals surface area contributed by atoms with Gasteiger partial charge in [-0.15, -0.1) is 0 Å². The van der Waals surface area contributed by atoms with E-state index < -0.39 is 0 Å². The molecule has 4 heteroatoms. The Kier molecular flexibility index (Phi) is 8.33. The molecule has 0 rings (SSSR count). The average molecular weight is 255 g/mol. The van der Waals surface area contributed by atoms with Crippen LogP contribution in [0.2, 0.25) is 6.82 Å². The van der Waals surface area contributed by atoms with Gasteiger partial charge in [-0.1, -0.05) is 20.7 Å². The summed E-state index contributed by atoms with van der Waals surface area (Å²) >= 11 is 0. The van der Waals surface area contributed by atoms with Crippen LogP contribution in [0.25, 0.3) is 0 Å². The summed E-state index contributed by atoms with van der Waals surface area (Å²) in [5, 5.41) is 2.84. The van der Waals surface area contributed by atoms with E-state index in [1.165, 1.54) is 0 Å². The van der Waals surface area contributed by atoms with E-state index in [0.717, 1.165) is 33.1 Å². The molecule has 0 saturated heterocycles. The Hall–Kier alpha value is -0.505. The second kappa shape index (κ2) is 8.57. The zero-order valence-electron chi connectivity index (χ0n) is 13.0. The van der Waals surface area contributed by atoms with Crippen LogP contribution in [0.15, 0.2) is 0 Å².